The van der Waals surface area contributed by atoms with Crippen molar-refractivity contribution in [3.05, 3.63) is 59.1 Å². The topological polar surface area (TPSA) is 159 Å². The molecule has 20 heteroatoms. The zero-order valence-electron chi connectivity index (χ0n) is 24.7. The van der Waals surface area contributed by atoms with Crippen LogP contribution >= 0.6 is 11.6 Å². The number of piperidine rings is 1. The minimum Gasteiger partial charge on any atom is -0.475 e. The maximum absolute atomic E-state index is 13.4. The van der Waals surface area contributed by atoms with Gasteiger partial charge in [0, 0.05) is 24.2 Å². The third kappa shape index (κ3) is 8.18. The molecule has 2 aliphatic heterocycles. The van der Waals surface area contributed by atoms with E-state index in [1.54, 1.807) is 41.5 Å². The number of benzene rings is 2. The number of amides is 3. The molecule has 48 heavy (non-hydrogen) atoms. The number of hydrogen-bond donors (Lipinski definition) is 2. The number of imidazole rings is 1. The number of nitrogens with zero attached hydrogens (tertiary/aromatic N) is 4. The summed E-state index contributed by atoms with van der Waals surface area (Å²) in [6.07, 6.45) is -8.13. The molecule has 0 radical (unpaired) electrons. The summed E-state index contributed by atoms with van der Waals surface area (Å²) < 4.78 is 99.1. The molecule has 3 heterocycles. The molecular weight excluding hydrogens is 700 g/mol. The molecule has 5 rings (SSSR count). The number of rotatable bonds is 6. The van der Waals surface area contributed by atoms with E-state index in [0.717, 1.165) is 5.69 Å². The molecule has 0 spiro atoms. The van der Waals surface area contributed by atoms with Crippen LogP contribution in [0.3, 0.4) is 0 Å². The Morgan fingerprint density at radius 1 is 1.02 bits per heavy atom. The number of aryl methyl sites for hydroxylation is 1. The second-order valence-corrected chi connectivity index (χ2v) is 13.3. The first kappa shape index (κ1) is 36.4. The Bertz CT molecular complexity index is 1860. The molecule has 1 saturated heterocycles. The van der Waals surface area contributed by atoms with Crippen LogP contribution in [0.4, 0.5) is 31.1 Å². The average molecular weight is 726 g/mol. The highest BCUT2D eigenvalue weighted by molar-refractivity contribution is 7.91. The highest BCUT2D eigenvalue weighted by Crippen LogP contribution is 2.28. The van der Waals surface area contributed by atoms with Crippen LogP contribution in [0.2, 0.25) is 5.02 Å². The minimum atomic E-state index is -5.32. The van der Waals surface area contributed by atoms with Crippen molar-refractivity contribution >= 4 is 56.0 Å². The van der Waals surface area contributed by atoms with Crippen molar-refractivity contribution in [2.24, 2.45) is 0 Å². The monoisotopic (exact) mass is 725 g/mol. The van der Waals surface area contributed by atoms with Gasteiger partial charge in [0.2, 0.25) is 5.91 Å². The van der Waals surface area contributed by atoms with Crippen molar-refractivity contribution in [2.45, 2.75) is 55.6 Å². The molecule has 0 unspecified atom stereocenters. The Kier molecular flexibility index (Phi) is 10.3. The van der Waals surface area contributed by atoms with Gasteiger partial charge in [-0.25, -0.2) is 23.0 Å². The predicted molar refractivity (Wildman–Crippen MR) is 156 cm³/mol. The van der Waals surface area contributed by atoms with Crippen LogP contribution < -0.4 is 5.32 Å². The van der Waals surface area contributed by atoms with E-state index in [1.165, 1.54) is 27.7 Å². The van der Waals surface area contributed by atoms with E-state index in [4.69, 9.17) is 21.5 Å². The van der Waals surface area contributed by atoms with Crippen molar-refractivity contribution < 1.29 is 59.0 Å². The zero-order valence-corrected chi connectivity index (χ0v) is 26.3. The first-order chi connectivity index (χ1) is 22.2. The van der Waals surface area contributed by atoms with Crippen LogP contribution in [-0.4, -0.2) is 100.0 Å². The molecule has 1 atom stereocenters. The summed E-state index contributed by atoms with van der Waals surface area (Å²) >= 11 is 5.97. The molecule has 2 aromatic carbocycles. The van der Waals surface area contributed by atoms with E-state index in [0.29, 0.717) is 41.0 Å². The van der Waals surface area contributed by atoms with Gasteiger partial charge in [0.25, 0.3) is 0 Å². The molecule has 0 saturated carbocycles. The van der Waals surface area contributed by atoms with Crippen molar-refractivity contribution in [1.29, 1.82) is 0 Å². The SMILES string of the molecule is Cc1ncc2n1C(=O)N(C1CCN(C(=O)[C@@H](CS(=O)(=O)c3ccc4cc(Cl)ccc4c3)NC(=O)C(F)(F)F)CC1)C2.O=C(O)C(F)(F)F. The van der Waals surface area contributed by atoms with Crippen molar-refractivity contribution in [1.82, 2.24) is 24.7 Å². The lowest BCUT2D eigenvalue weighted by Crippen LogP contribution is -2.57. The predicted octanol–water partition coefficient (Wildman–Crippen LogP) is 3.93. The number of nitrogens with one attached hydrogen (secondary N) is 1. The smallest absolute Gasteiger partial charge is 0.475 e. The van der Waals surface area contributed by atoms with Gasteiger partial charge in [-0.2, -0.15) is 26.3 Å². The highest BCUT2D eigenvalue weighted by atomic mass is 35.5. The molecule has 0 bridgehead atoms. The number of sulfone groups is 1. The first-order valence-electron chi connectivity index (χ1n) is 13.9. The van der Waals surface area contributed by atoms with E-state index in [1.807, 2.05) is 0 Å². The Labute approximate surface area is 273 Å². The van der Waals surface area contributed by atoms with Crippen molar-refractivity contribution in [3.8, 4) is 0 Å². The number of aliphatic carboxylic acids is 1. The maximum Gasteiger partial charge on any atom is 0.490 e. The number of hydrogen-bond acceptors (Lipinski definition) is 7. The fourth-order valence-corrected chi connectivity index (χ4v) is 6.88. The van der Waals surface area contributed by atoms with Crippen LogP contribution in [0.25, 0.3) is 10.8 Å². The Morgan fingerprint density at radius 3 is 2.17 bits per heavy atom. The van der Waals surface area contributed by atoms with Crippen LogP contribution in [0.5, 0.6) is 0 Å². The van der Waals surface area contributed by atoms with Crippen molar-refractivity contribution in [2.75, 3.05) is 18.8 Å². The number of carboxylic acid groups (broad SMARTS) is 1. The third-order valence-corrected chi connectivity index (χ3v) is 9.60. The van der Waals surface area contributed by atoms with E-state index in [2.05, 4.69) is 4.98 Å². The molecule has 1 fully saturated rings. The highest BCUT2D eigenvalue weighted by Gasteiger charge is 2.44. The lowest BCUT2D eigenvalue weighted by molar-refractivity contribution is -0.192. The number of fused-ring (bicyclic) bond motifs is 2. The van der Waals surface area contributed by atoms with Crippen LogP contribution in [0, 0.1) is 6.92 Å². The molecule has 0 aliphatic carbocycles. The number of likely N-dealkylation sites (tertiary alicyclic amines) is 1. The third-order valence-electron chi connectivity index (χ3n) is 7.62. The molecule has 2 N–H and O–H groups in total. The zero-order chi connectivity index (χ0) is 35.8. The van der Waals surface area contributed by atoms with E-state index >= 15 is 0 Å². The minimum absolute atomic E-state index is 0.0641. The molecule has 3 amide bonds. The van der Waals surface area contributed by atoms with Crippen LogP contribution in [-0.2, 0) is 30.8 Å². The van der Waals surface area contributed by atoms with E-state index in [-0.39, 0.29) is 30.1 Å². The lowest BCUT2D eigenvalue weighted by Gasteiger charge is -2.37. The van der Waals surface area contributed by atoms with Crippen molar-refractivity contribution in [3.63, 3.8) is 0 Å². The molecule has 2 aliphatic rings. The summed E-state index contributed by atoms with van der Waals surface area (Å²) in [5.74, 6) is -6.63. The standard InChI is InChI=1S/C26H25ClF3N5O5S.C2HF3O2/c1-15-31-12-20-13-34(25(38)35(15)20)19-6-8-33(9-7-19)23(36)22(32-24(37)26(28,29)30)14-41(39,40)21-5-3-16-10-18(27)4-2-17(16)11-21;3-2(4,5)1(6)7/h2-5,10-12,19,22H,6-9,13-14H2,1H3,(H,32,37);(H,6,7)/t22-;/m1./s1. The quantitative estimate of drug-likeness (QED) is 0.362. The Balaban J connectivity index is 0.000000671. The fourth-order valence-electron chi connectivity index (χ4n) is 5.26. The summed E-state index contributed by atoms with van der Waals surface area (Å²) in [4.78, 5) is 53.7. The molecule has 1 aromatic heterocycles. The van der Waals surface area contributed by atoms with E-state index in [9.17, 15) is 49.1 Å². The maximum atomic E-state index is 13.4. The summed E-state index contributed by atoms with van der Waals surface area (Å²) in [7, 11) is -4.32. The van der Waals surface area contributed by atoms with Gasteiger partial charge in [-0.3, -0.25) is 14.2 Å². The molecule has 260 valence electrons. The first-order valence-corrected chi connectivity index (χ1v) is 15.9. The summed E-state index contributed by atoms with van der Waals surface area (Å²) in [6, 6.07) is 6.43. The van der Waals surface area contributed by atoms with Gasteiger partial charge in [0.05, 0.1) is 29.1 Å². The average Bonchev–Trinajstić information content (AvgIpc) is 3.54. The van der Waals surface area contributed by atoms with E-state index < -0.39 is 51.8 Å². The summed E-state index contributed by atoms with van der Waals surface area (Å²) in [6.45, 7) is 2.19. The van der Waals surface area contributed by atoms with Gasteiger partial charge in [0.1, 0.15) is 11.9 Å². The van der Waals surface area contributed by atoms with Gasteiger partial charge >= 0.3 is 30.3 Å². The number of carbonyl (C=O) groups excluding carboxylic acids is 3. The summed E-state index contributed by atoms with van der Waals surface area (Å²) in [5, 5.41) is 10.3. The second kappa shape index (κ2) is 13.6. The molecular formula is C28H26ClF6N5O7S. The number of carbonyl (C=O) groups is 4. The lowest BCUT2D eigenvalue weighted by atomic mass is 10.0. The Hall–Kier alpha value is -4.39. The van der Waals surface area contributed by atoms with Crippen LogP contribution in [0.15, 0.2) is 47.5 Å². The van der Waals surface area contributed by atoms with Gasteiger partial charge in [0.15, 0.2) is 9.84 Å². The molecule has 12 nitrogen and oxygen atoms in total. The normalized spacial score (nSPS) is 16.3. The molecule has 3 aromatic rings. The van der Waals surface area contributed by atoms with Gasteiger partial charge < -0.3 is 20.2 Å². The second-order valence-electron chi connectivity index (χ2n) is 10.9. The van der Waals surface area contributed by atoms with Gasteiger partial charge in [-0.1, -0.05) is 23.7 Å². The number of alkyl halides is 6. The number of halogens is 7. The Morgan fingerprint density at radius 2 is 1.60 bits per heavy atom. The van der Waals surface area contributed by atoms with Gasteiger partial charge in [-0.15, -0.1) is 0 Å². The summed E-state index contributed by atoms with van der Waals surface area (Å²) in [5.41, 5.74) is 0.739. The number of carboxylic acids is 1. The largest absolute Gasteiger partial charge is 0.490 e. The van der Waals surface area contributed by atoms with Gasteiger partial charge in [-0.05, 0) is 54.8 Å². The number of aromatic nitrogens is 2. The van der Waals surface area contributed by atoms with Crippen LogP contribution in [0.1, 0.15) is 24.4 Å². The fraction of sp³-hybridized carbons (Fsp3) is 0.393.